The number of para-hydroxylation sites is 1. The lowest BCUT2D eigenvalue weighted by atomic mass is 10.1. The molecule has 8 heteroatoms. The Bertz CT molecular complexity index is 1240. The van der Waals surface area contributed by atoms with Crippen molar-refractivity contribution in [3.8, 4) is 5.75 Å². The zero-order valence-electron chi connectivity index (χ0n) is 17.6. The highest BCUT2D eigenvalue weighted by Crippen LogP contribution is 2.37. The van der Waals surface area contributed by atoms with Crippen molar-refractivity contribution in [3.05, 3.63) is 93.3 Å². The zero-order chi connectivity index (χ0) is 23.4. The van der Waals surface area contributed by atoms with Gasteiger partial charge in [-0.1, -0.05) is 70.2 Å². The molecule has 0 spiro atoms. The normalized spacial score (nSPS) is 14.6. The Morgan fingerprint density at radius 3 is 2.48 bits per heavy atom. The third-order valence-corrected chi connectivity index (χ3v) is 6.66. The lowest BCUT2D eigenvalue weighted by Gasteiger charge is -2.16. The van der Waals surface area contributed by atoms with E-state index in [4.69, 9.17) is 17.0 Å². The fourth-order valence-electron chi connectivity index (χ4n) is 3.18. The number of ether oxygens (including phenoxy) is 1. The SMILES string of the molecule is Cc1ccccc1N1C(=O)/C(=C/c2ccc(OCC(=O)Nc3ccc(Br)cc3)cc2)SC1=S. The molecule has 0 aromatic heterocycles. The standard InChI is InChI=1S/C25H19BrN2O3S2/c1-16-4-2-3-5-21(16)28-24(30)22(33-25(28)32)14-17-6-12-20(13-7-17)31-15-23(29)27-19-10-8-18(26)9-11-19/h2-14H,15H2,1H3,(H,27,29)/b22-14-. The van der Waals surface area contributed by atoms with E-state index in [1.807, 2.05) is 61.5 Å². The number of thiocarbonyl (C=S) groups is 1. The second-order valence-corrected chi connectivity index (χ2v) is 9.81. The number of hydrogen-bond acceptors (Lipinski definition) is 5. The van der Waals surface area contributed by atoms with Gasteiger partial charge in [0.1, 0.15) is 5.75 Å². The van der Waals surface area contributed by atoms with Gasteiger partial charge in [0, 0.05) is 10.2 Å². The molecule has 0 aliphatic carbocycles. The van der Waals surface area contributed by atoms with E-state index in [1.165, 1.54) is 11.8 Å². The van der Waals surface area contributed by atoms with Gasteiger partial charge in [0.25, 0.3) is 11.8 Å². The van der Waals surface area contributed by atoms with Gasteiger partial charge in [0.2, 0.25) is 0 Å². The zero-order valence-corrected chi connectivity index (χ0v) is 20.8. The number of aryl methyl sites for hydroxylation is 1. The van der Waals surface area contributed by atoms with E-state index in [-0.39, 0.29) is 18.4 Å². The van der Waals surface area contributed by atoms with Crippen molar-refractivity contribution >= 4 is 73.5 Å². The first-order valence-corrected chi connectivity index (χ1v) is 12.0. The van der Waals surface area contributed by atoms with Crippen molar-refractivity contribution in [1.29, 1.82) is 0 Å². The number of hydrogen-bond donors (Lipinski definition) is 1. The molecule has 4 rings (SSSR count). The Morgan fingerprint density at radius 1 is 1.09 bits per heavy atom. The molecule has 3 aromatic rings. The molecule has 1 aliphatic rings. The first-order valence-electron chi connectivity index (χ1n) is 10.0. The van der Waals surface area contributed by atoms with Crippen molar-refractivity contribution in [1.82, 2.24) is 0 Å². The van der Waals surface area contributed by atoms with Crippen LogP contribution in [0.15, 0.2) is 82.2 Å². The number of amides is 2. The highest BCUT2D eigenvalue weighted by Gasteiger charge is 2.33. The quantitative estimate of drug-likeness (QED) is 0.300. The van der Waals surface area contributed by atoms with Crippen molar-refractivity contribution in [2.24, 2.45) is 0 Å². The fraction of sp³-hybridized carbons (Fsp3) is 0.0800. The van der Waals surface area contributed by atoms with Gasteiger partial charge in [-0.2, -0.15) is 0 Å². The molecule has 1 fully saturated rings. The summed E-state index contributed by atoms with van der Waals surface area (Å²) in [5, 5.41) is 2.78. The average Bonchev–Trinajstić information content (AvgIpc) is 3.08. The van der Waals surface area contributed by atoms with Gasteiger partial charge in [-0.25, -0.2) is 0 Å². The summed E-state index contributed by atoms with van der Waals surface area (Å²) in [6.07, 6.45) is 1.81. The molecule has 33 heavy (non-hydrogen) atoms. The van der Waals surface area contributed by atoms with Crippen molar-refractivity contribution in [2.45, 2.75) is 6.92 Å². The molecule has 0 atom stereocenters. The first kappa shape index (κ1) is 23.2. The van der Waals surface area contributed by atoms with E-state index in [0.717, 1.165) is 21.3 Å². The number of carbonyl (C=O) groups excluding carboxylic acids is 2. The second-order valence-electron chi connectivity index (χ2n) is 7.22. The number of nitrogens with one attached hydrogen (secondary N) is 1. The molecule has 1 aliphatic heterocycles. The fourth-order valence-corrected chi connectivity index (χ4v) is 4.73. The van der Waals surface area contributed by atoms with Gasteiger partial charge >= 0.3 is 0 Å². The molecule has 0 bridgehead atoms. The summed E-state index contributed by atoms with van der Waals surface area (Å²) in [5.74, 6) is 0.177. The molecule has 1 heterocycles. The minimum Gasteiger partial charge on any atom is -0.484 e. The number of thioether (sulfide) groups is 1. The molecular formula is C25H19BrN2O3S2. The summed E-state index contributed by atoms with van der Waals surface area (Å²) in [4.78, 5) is 27.2. The van der Waals surface area contributed by atoms with Gasteiger partial charge in [0.15, 0.2) is 10.9 Å². The predicted molar refractivity (Wildman–Crippen MR) is 142 cm³/mol. The second kappa shape index (κ2) is 10.3. The number of nitrogens with zero attached hydrogens (tertiary/aromatic N) is 1. The van der Waals surface area contributed by atoms with Crippen molar-refractivity contribution < 1.29 is 14.3 Å². The van der Waals surface area contributed by atoms with Crippen LogP contribution < -0.4 is 15.0 Å². The van der Waals surface area contributed by atoms with Crippen LogP contribution in [-0.2, 0) is 9.59 Å². The number of halogens is 1. The van der Waals surface area contributed by atoms with E-state index in [0.29, 0.717) is 20.7 Å². The van der Waals surface area contributed by atoms with Crippen LogP contribution in [0.4, 0.5) is 11.4 Å². The Kier molecular flexibility index (Phi) is 7.27. The monoisotopic (exact) mass is 538 g/mol. The molecule has 1 saturated heterocycles. The van der Waals surface area contributed by atoms with Crippen LogP contribution in [0.5, 0.6) is 5.75 Å². The average molecular weight is 539 g/mol. The number of rotatable bonds is 6. The molecule has 1 N–H and O–H groups in total. The van der Waals surface area contributed by atoms with Gasteiger partial charge in [-0.15, -0.1) is 0 Å². The van der Waals surface area contributed by atoms with Crippen LogP contribution >= 0.6 is 39.9 Å². The van der Waals surface area contributed by atoms with Gasteiger partial charge in [-0.05, 0) is 66.6 Å². The van der Waals surface area contributed by atoms with Gasteiger partial charge in [0.05, 0.1) is 10.6 Å². The van der Waals surface area contributed by atoms with E-state index in [1.54, 1.807) is 29.2 Å². The summed E-state index contributed by atoms with van der Waals surface area (Å²) < 4.78 is 7.02. The van der Waals surface area contributed by atoms with Crippen LogP contribution in [0, 0.1) is 6.92 Å². The lowest BCUT2D eigenvalue weighted by Crippen LogP contribution is -2.28. The minimum absolute atomic E-state index is 0.107. The summed E-state index contributed by atoms with van der Waals surface area (Å²) in [7, 11) is 0. The van der Waals surface area contributed by atoms with Crippen LogP contribution in [0.2, 0.25) is 0 Å². The topological polar surface area (TPSA) is 58.6 Å². The van der Waals surface area contributed by atoms with Crippen LogP contribution in [0.25, 0.3) is 6.08 Å². The number of anilines is 2. The minimum atomic E-state index is -0.249. The van der Waals surface area contributed by atoms with Crippen molar-refractivity contribution in [2.75, 3.05) is 16.8 Å². The summed E-state index contributed by atoms with van der Waals surface area (Å²) in [5.41, 5.74) is 3.33. The molecule has 166 valence electrons. The van der Waals surface area contributed by atoms with E-state index in [2.05, 4.69) is 21.2 Å². The molecule has 5 nitrogen and oxygen atoms in total. The first-order chi connectivity index (χ1) is 15.9. The number of benzene rings is 3. The van der Waals surface area contributed by atoms with Gasteiger partial charge in [-0.3, -0.25) is 14.5 Å². The van der Waals surface area contributed by atoms with Crippen LogP contribution in [0.3, 0.4) is 0 Å². The molecule has 2 amide bonds. The molecule has 0 saturated carbocycles. The van der Waals surface area contributed by atoms with E-state index < -0.39 is 0 Å². The Balaban J connectivity index is 1.37. The predicted octanol–water partition coefficient (Wildman–Crippen LogP) is 6.18. The van der Waals surface area contributed by atoms with Crippen LogP contribution in [-0.4, -0.2) is 22.7 Å². The maximum atomic E-state index is 13.0. The molecule has 0 unspecified atom stereocenters. The van der Waals surface area contributed by atoms with E-state index in [9.17, 15) is 9.59 Å². The van der Waals surface area contributed by atoms with E-state index >= 15 is 0 Å². The maximum absolute atomic E-state index is 13.0. The largest absolute Gasteiger partial charge is 0.484 e. The summed E-state index contributed by atoms with van der Waals surface area (Å²) in [6, 6.07) is 22.2. The summed E-state index contributed by atoms with van der Waals surface area (Å²) in [6.45, 7) is 1.85. The third-order valence-electron chi connectivity index (χ3n) is 4.83. The Labute approximate surface area is 210 Å². The Morgan fingerprint density at radius 2 is 1.79 bits per heavy atom. The maximum Gasteiger partial charge on any atom is 0.270 e. The lowest BCUT2D eigenvalue weighted by molar-refractivity contribution is -0.118. The smallest absolute Gasteiger partial charge is 0.270 e. The highest BCUT2D eigenvalue weighted by molar-refractivity contribution is 9.10. The van der Waals surface area contributed by atoms with Crippen molar-refractivity contribution in [3.63, 3.8) is 0 Å². The highest BCUT2D eigenvalue weighted by atomic mass is 79.9. The molecular weight excluding hydrogens is 520 g/mol. The molecule has 3 aromatic carbocycles. The Hall–Kier alpha value is -2.94. The third kappa shape index (κ3) is 5.71. The van der Waals surface area contributed by atoms with Crippen LogP contribution in [0.1, 0.15) is 11.1 Å². The summed E-state index contributed by atoms with van der Waals surface area (Å²) >= 11 is 10.1. The van der Waals surface area contributed by atoms with Gasteiger partial charge < -0.3 is 10.1 Å². The number of carbonyl (C=O) groups is 2. The molecule has 0 radical (unpaired) electrons.